The third-order valence-electron chi connectivity index (χ3n) is 4.00. The van der Waals surface area contributed by atoms with Crippen molar-refractivity contribution in [3.8, 4) is 11.3 Å². The Morgan fingerprint density at radius 2 is 1.62 bits per heavy atom. The molecule has 0 bridgehead atoms. The Labute approximate surface area is 138 Å². The molecule has 1 N–H and O–H groups in total. The summed E-state index contributed by atoms with van der Waals surface area (Å²) in [5.41, 5.74) is 0.689. The van der Waals surface area contributed by atoms with E-state index < -0.39 is 6.61 Å². The maximum Gasteiger partial charge on any atom is 0.289 e. The second kappa shape index (κ2) is 6.84. The minimum Gasteiger partial charge on any atom is -0.451 e. The highest BCUT2D eigenvalue weighted by Gasteiger charge is 2.26. The van der Waals surface area contributed by atoms with Gasteiger partial charge >= 0.3 is 0 Å². The van der Waals surface area contributed by atoms with Crippen LogP contribution in [0.2, 0.25) is 0 Å². The molecule has 0 spiro atoms. The molecule has 6 nitrogen and oxygen atoms in total. The summed E-state index contributed by atoms with van der Waals surface area (Å²) in [6, 6.07) is 9.09. The monoisotopic (exact) mass is 332 g/mol. The van der Waals surface area contributed by atoms with Gasteiger partial charge in [0.15, 0.2) is 5.76 Å². The van der Waals surface area contributed by atoms with Crippen LogP contribution >= 0.6 is 0 Å². The zero-order valence-corrected chi connectivity index (χ0v) is 12.9. The van der Waals surface area contributed by atoms with Crippen LogP contribution in [0.15, 0.2) is 40.8 Å². The van der Waals surface area contributed by atoms with Gasteiger partial charge in [0.2, 0.25) is 5.91 Å². The summed E-state index contributed by atoms with van der Waals surface area (Å²) in [6.07, 6.45) is 0. The van der Waals surface area contributed by atoms with Gasteiger partial charge in [-0.3, -0.25) is 9.59 Å². The molecule has 1 fully saturated rings. The van der Waals surface area contributed by atoms with Crippen LogP contribution in [0.4, 0.5) is 4.39 Å². The topological polar surface area (TPSA) is 74.0 Å². The summed E-state index contributed by atoms with van der Waals surface area (Å²) in [7, 11) is 0. The zero-order chi connectivity index (χ0) is 17.1. The second-order valence-electron chi connectivity index (χ2n) is 5.50. The minimum atomic E-state index is -0.521. The second-order valence-corrected chi connectivity index (χ2v) is 5.50. The molecule has 1 aromatic carbocycles. The highest BCUT2D eigenvalue weighted by atomic mass is 19.1. The van der Waals surface area contributed by atoms with Gasteiger partial charge < -0.3 is 19.3 Å². The van der Waals surface area contributed by atoms with E-state index in [0.717, 1.165) is 0 Å². The van der Waals surface area contributed by atoms with E-state index in [1.54, 1.807) is 29.2 Å². The number of hydrogen-bond acceptors (Lipinski definition) is 4. The third kappa shape index (κ3) is 3.30. The van der Waals surface area contributed by atoms with Gasteiger partial charge in [-0.15, -0.1) is 0 Å². The van der Waals surface area contributed by atoms with Gasteiger partial charge in [-0.2, -0.15) is 0 Å². The quantitative estimate of drug-likeness (QED) is 0.921. The van der Waals surface area contributed by atoms with Crippen molar-refractivity contribution in [2.24, 2.45) is 0 Å². The van der Waals surface area contributed by atoms with Crippen LogP contribution in [0.25, 0.3) is 11.3 Å². The van der Waals surface area contributed by atoms with Crippen LogP contribution in [0, 0.1) is 5.82 Å². The van der Waals surface area contributed by atoms with Crippen molar-refractivity contribution in [1.82, 2.24) is 9.80 Å². The molecule has 3 rings (SSSR count). The van der Waals surface area contributed by atoms with Gasteiger partial charge in [0.25, 0.3) is 5.91 Å². The third-order valence-corrected chi connectivity index (χ3v) is 4.00. The smallest absolute Gasteiger partial charge is 0.289 e. The Morgan fingerprint density at radius 3 is 2.25 bits per heavy atom. The van der Waals surface area contributed by atoms with E-state index in [0.29, 0.717) is 37.5 Å². The molecule has 1 aromatic heterocycles. The van der Waals surface area contributed by atoms with Gasteiger partial charge in [0.05, 0.1) is 0 Å². The number of hydrogen-bond donors (Lipinski definition) is 1. The number of piperazine rings is 1. The molecule has 0 aliphatic carbocycles. The summed E-state index contributed by atoms with van der Waals surface area (Å²) in [5.74, 6) is -0.223. The molecule has 7 heteroatoms. The summed E-state index contributed by atoms with van der Waals surface area (Å²) in [6.45, 7) is 1.02. The lowest BCUT2D eigenvalue weighted by Gasteiger charge is -2.34. The molecular formula is C17H17FN2O4. The Morgan fingerprint density at radius 1 is 1.00 bits per heavy atom. The Hall–Kier alpha value is -2.67. The number of aliphatic hydroxyl groups is 1. The number of benzene rings is 1. The van der Waals surface area contributed by atoms with Gasteiger partial charge in [-0.05, 0) is 36.4 Å². The SMILES string of the molecule is O=C(CO)N1CCN(C(=O)c2ccc(-c3ccc(F)cc3)o2)CC1. The Kier molecular flexibility index (Phi) is 4.61. The fraction of sp³-hybridized carbons (Fsp3) is 0.294. The highest BCUT2D eigenvalue weighted by Crippen LogP contribution is 2.23. The number of furan rings is 1. The van der Waals surface area contributed by atoms with Crippen LogP contribution in [0.3, 0.4) is 0 Å². The van der Waals surface area contributed by atoms with E-state index in [4.69, 9.17) is 9.52 Å². The molecule has 1 saturated heterocycles. The molecule has 126 valence electrons. The lowest BCUT2D eigenvalue weighted by atomic mass is 10.2. The molecule has 0 atom stereocenters. The Balaban J connectivity index is 1.66. The predicted octanol–water partition coefficient (Wildman–Crippen LogP) is 1.36. The standard InChI is InChI=1S/C17H17FN2O4/c18-13-3-1-12(2-4-13)14-5-6-15(24-14)17(23)20-9-7-19(8-10-20)16(22)11-21/h1-6,21H,7-11H2. The lowest BCUT2D eigenvalue weighted by Crippen LogP contribution is -2.51. The van der Waals surface area contributed by atoms with E-state index in [1.807, 2.05) is 0 Å². The van der Waals surface area contributed by atoms with Crippen LogP contribution in [0.1, 0.15) is 10.6 Å². The number of amides is 2. The van der Waals surface area contributed by atoms with Crippen molar-refractivity contribution in [3.05, 3.63) is 48.0 Å². The lowest BCUT2D eigenvalue weighted by molar-refractivity contribution is -0.135. The molecule has 24 heavy (non-hydrogen) atoms. The number of nitrogens with zero attached hydrogens (tertiary/aromatic N) is 2. The minimum absolute atomic E-state index is 0.205. The molecule has 0 unspecified atom stereocenters. The maximum atomic E-state index is 13.0. The first-order chi connectivity index (χ1) is 11.6. The normalized spacial score (nSPS) is 14.8. The van der Waals surface area contributed by atoms with E-state index in [2.05, 4.69) is 0 Å². The fourth-order valence-electron chi connectivity index (χ4n) is 2.64. The number of aliphatic hydroxyl groups excluding tert-OH is 1. The number of carbonyl (C=O) groups is 2. The largest absolute Gasteiger partial charge is 0.451 e. The van der Waals surface area contributed by atoms with Crippen molar-refractivity contribution in [2.45, 2.75) is 0 Å². The van der Waals surface area contributed by atoms with Crippen molar-refractivity contribution < 1.29 is 23.5 Å². The highest BCUT2D eigenvalue weighted by molar-refractivity contribution is 5.92. The van der Waals surface area contributed by atoms with Crippen molar-refractivity contribution in [1.29, 1.82) is 0 Å². The summed E-state index contributed by atoms with van der Waals surface area (Å²) in [5, 5.41) is 8.86. The van der Waals surface area contributed by atoms with Crippen molar-refractivity contribution in [3.63, 3.8) is 0 Å². The average Bonchev–Trinajstić information content (AvgIpc) is 3.11. The summed E-state index contributed by atoms with van der Waals surface area (Å²) < 4.78 is 18.5. The molecule has 0 radical (unpaired) electrons. The molecule has 1 aliphatic rings. The number of rotatable bonds is 3. The van der Waals surface area contributed by atoms with Crippen molar-refractivity contribution >= 4 is 11.8 Å². The zero-order valence-electron chi connectivity index (χ0n) is 12.9. The van der Waals surface area contributed by atoms with E-state index in [1.165, 1.54) is 17.0 Å². The van der Waals surface area contributed by atoms with E-state index in [9.17, 15) is 14.0 Å². The summed E-state index contributed by atoms with van der Waals surface area (Å²) in [4.78, 5) is 27.0. The molecule has 0 saturated carbocycles. The molecular weight excluding hydrogens is 315 g/mol. The first-order valence-corrected chi connectivity index (χ1v) is 7.62. The van der Waals surface area contributed by atoms with E-state index >= 15 is 0 Å². The van der Waals surface area contributed by atoms with Gasteiger partial charge in [-0.1, -0.05) is 0 Å². The number of halogens is 1. The summed E-state index contributed by atoms with van der Waals surface area (Å²) >= 11 is 0. The first kappa shape index (κ1) is 16.2. The molecule has 2 aromatic rings. The molecule has 1 aliphatic heterocycles. The van der Waals surface area contributed by atoms with E-state index in [-0.39, 0.29) is 23.4 Å². The molecule has 2 heterocycles. The fourth-order valence-corrected chi connectivity index (χ4v) is 2.64. The van der Waals surface area contributed by atoms with Crippen LogP contribution < -0.4 is 0 Å². The van der Waals surface area contributed by atoms with Crippen LogP contribution in [-0.2, 0) is 4.79 Å². The predicted molar refractivity (Wildman–Crippen MR) is 83.7 cm³/mol. The Bertz CT molecular complexity index is 733. The van der Waals surface area contributed by atoms with Gasteiger partial charge in [-0.25, -0.2) is 4.39 Å². The van der Waals surface area contributed by atoms with Gasteiger partial charge in [0.1, 0.15) is 18.2 Å². The van der Waals surface area contributed by atoms with Gasteiger partial charge in [0, 0.05) is 31.7 Å². The maximum absolute atomic E-state index is 13.0. The first-order valence-electron chi connectivity index (χ1n) is 7.62. The van der Waals surface area contributed by atoms with Crippen LogP contribution in [-0.4, -0.2) is 59.5 Å². The number of carbonyl (C=O) groups excluding carboxylic acids is 2. The van der Waals surface area contributed by atoms with Crippen LogP contribution in [0.5, 0.6) is 0 Å². The average molecular weight is 332 g/mol. The molecule has 2 amide bonds. The van der Waals surface area contributed by atoms with Crippen molar-refractivity contribution in [2.75, 3.05) is 32.8 Å².